The van der Waals surface area contributed by atoms with Crippen LogP contribution in [0.4, 0.5) is 4.39 Å². The monoisotopic (exact) mass is 408 g/mol. The molecule has 0 saturated heterocycles. The summed E-state index contributed by atoms with van der Waals surface area (Å²) in [5.41, 5.74) is 1.01. The summed E-state index contributed by atoms with van der Waals surface area (Å²) in [6, 6.07) is 9.08. The van der Waals surface area contributed by atoms with Gasteiger partial charge in [0.15, 0.2) is 5.67 Å². The van der Waals surface area contributed by atoms with Gasteiger partial charge in [-0.05, 0) is 32.9 Å². The maximum atomic E-state index is 14.3. The number of oxazole rings is 1. The van der Waals surface area contributed by atoms with Gasteiger partial charge in [-0.1, -0.05) is 18.2 Å². The van der Waals surface area contributed by atoms with Gasteiger partial charge < -0.3 is 18.7 Å². The van der Waals surface area contributed by atoms with Crippen LogP contribution in [-0.4, -0.2) is 32.3 Å². The molecule has 0 fully saturated rings. The smallest absolute Gasteiger partial charge is 0.292 e. The molecule has 1 aliphatic heterocycles. The summed E-state index contributed by atoms with van der Waals surface area (Å²) in [6.07, 6.45) is 2.24. The average Bonchev–Trinajstić information content (AvgIpc) is 3.43. The van der Waals surface area contributed by atoms with E-state index in [4.69, 9.17) is 8.83 Å². The summed E-state index contributed by atoms with van der Waals surface area (Å²) < 4.78 is 26.0. The minimum Gasteiger partial charge on any atom is -0.458 e. The highest BCUT2D eigenvalue weighted by Gasteiger charge is 2.39. The van der Waals surface area contributed by atoms with Gasteiger partial charge in [-0.2, -0.15) is 0 Å². The van der Waals surface area contributed by atoms with Gasteiger partial charge in [-0.25, -0.2) is 14.4 Å². The number of carbonyl (C=O) groups is 1. The summed E-state index contributed by atoms with van der Waals surface area (Å²) in [6.45, 7) is 4.78. The van der Waals surface area contributed by atoms with E-state index in [2.05, 4.69) is 15.0 Å². The van der Waals surface area contributed by atoms with Crippen LogP contribution in [0.3, 0.4) is 0 Å². The van der Waals surface area contributed by atoms with Gasteiger partial charge in [0.05, 0.1) is 17.7 Å². The Morgan fingerprint density at radius 3 is 2.83 bits per heavy atom. The Balaban J connectivity index is 1.60. The summed E-state index contributed by atoms with van der Waals surface area (Å²) in [5, 5.41) is 0.944. The van der Waals surface area contributed by atoms with E-state index in [-0.39, 0.29) is 17.6 Å². The summed E-state index contributed by atoms with van der Waals surface area (Å²) >= 11 is 0. The van der Waals surface area contributed by atoms with E-state index >= 15 is 0 Å². The van der Waals surface area contributed by atoms with E-state index in [1.165, 1.54) is 13.8 Å². The molecule has 0 spiro atoms. The number of imidazole rings is 1. The van der Waals surface area contributed by atoms with Gasteiger partial charge >= 0.3 is 0 Å². The zero-order valence-corrected chi connectivity index (χ0v) is 16.9. The zero-order chi connectivity index (χ0) is 21.0. The maximum Gasteiger partial charge on any atom is 0.292 e. The third-order valence-corrected chi connectivity index (χ3v) is 5.40. The molecule has 0 bridgehead atoms. The second-order valence-electron chi connectivity index (χ2n) is 8.01. The van der Waals surface area contributed by atoms with E-state index in [1.54, 1.807) is 18.2 Å². The summed E-state index contributed by atoms with van der Waals surface area (Å²) in [4.78, 5) is 26.9. The number of carbonyl (C=O) groups excluding carboxylic acids is 1. The largest absolute Gasteiger partial charge is 0.458 e. The number of aryl methyl sites for hydroxylation is 1. The number of amides is 1. The van der Waals surface area contributed by atoms with Crippen LogP contribution in [0.15, 0.2) is 45.5 Å². The van der Waals surface area contributed by atoms with Gasteiger partial charge in [0, 0.05) is 24.0 Å². The number of hydrogen-bond acceptors (Lipinski definition) is 5. The van der Waals surface area contributed by atoms with Crippen LogP contribution in [0.2, 0.25) is 0 Å². The standard InChI is InChI=1S/C22H21FN4O3/c1-12-19(30-21(26-12)22(2,3)23)20(28)27-9-8-14-17(25-11-24-14)18(27)16-10-13-6-4-5-7-15(13)29-16/h4-7,10-11,18H,8-9H2,1-3H3,(H,24,25)/t18-/m1/s1. The topological polar surface area (TPSA) is 88.2 Å². The van der Waals surface area contributed by atoms with Crippen molar-refractivity contribution in [1.82, 2.24) is 19.9 Å². The molecule has 0 radical (unpaired) electrons. The molecule has 3 aromatic heterocycles. The second-order valence-corrected chi connectivity index (χ2v) is 8.01. The van der Waals surface area contributed by atoms with E-state index in [0.717, 1.165) is 22.4 Å². The van der Waals surface area contributed by atoms with E-state index in [0.29, 0.717) is 24.4 Å². The van der Waals surface area contributed by atoms with Gasteiger partial charge in [0.25, 0.3) is 5.91 Å². The Labute approximate surface area is 171 Å². The molecule has 1 amide bonds. The van der Waals surface area contributed by atoms with Crippen LogP contribution in [-0.2, 0) is 12.1 Å². The minimum absolute atomic E-state index is 0.0378. The Bertz CT molecular complexity index is 1210. The van der Waals surface area contributed by atoms with Crippen molar-refractivity contribution in [3.05, 3.63) is 71.2 Å². The number of fused-ring (bicyclic) bond motifs is 2. The van der Waals surface area contributed by atoms with Crippen molar-refractivity contribution in [3.8, 4) is 0 Å². The number of furan rings is 1. The van der Waals surface area contributed by atoms with E-state index < -0.39 is 11.7 Å². The van der Waals surface area contributed by atoms with E-state index in [1.807, 2.05) is 30.3 Å². The highest BCUT2D eigenvalue weighted by molar-refractivity contribution is 5.93. The highest BCUT2D eigenvalue weighted by atomic mass is 19.1. The molecule has 8 heteroatoms. The fraction of sp³-hybridized carbons (Fsp3) is 0.318. The number of alkyl halides is 1. The zero-order valence-electron chi connectivity index (χ0n) is 16.9. The predicted octanol–water partition coefficient (Wildman–Crippen LogP) is 4.44. The number of benzene rings is 1. The molecule has 0 unspecified atom stereocenters. The first kappa shape index (κ1) is 18.6. The predicted molar refractivity (Wildman–Crippen MR) is 107 cm³/mol. The number of nitrogens with one attached hydrogen (secondary N) is 1. The lowest BCUT2D eigenvalue weighted by Gasteiger charge is -2.33. The van der Waals surface area contributed by atoms with Gasteiger partial charge in [-0.15, -0.1) is 0 Å². The van der Waals surface area contributed by atoms with Crippen molar-refractivity contribution in [3.63, 3.8) is 0 Å². The van der Waals surface area contributed by atoms with Gasteiger partial charge in [0.2, 0.25) is 11.7 Å². The summed E-state index contributed by atoms with van der Waals surface area (Å²) in [5.74, 6) is 0.173. The lowest BCUT2D eigenvalue weighted by Crippen LogP contribution is -2.40. The number of H-pyrrole nitrogens is 1. The second kappa shape index (κ2) is 6.55. The first-order valence-electron chi connectivity index (χ1n) is 9.81. The molecule has 1 aliphatic rings. The fourth-order valence-corrected chi connectivity index (χ4v) is 3.90. The maximum absolute atomic E-state index is 14.3. The molecular formula is C22H21FN4O3. The summed E-state index contributed by atoms with van der Waals surface area (Å²) in [7, 11) is 0. The molecule has 5 rings (SSSR count). The molecule has 1 N–H and O–H groups in total. The van der Waals surface area contributed by atoms with Crippen LogP contribution < -0.4 is 0 Å². The quantitative estimate of drug-likeness (QED) is 0.541. The van der Waals surface area contributed by atoms with Crippen LogP contribution in [0.1, 0.15) is 59.2 Å². The Morgan fingerprint density at radius 2 is 2.10 bits per heavy atom. The number of para-hydroxylation sites is 1. The van der Waals surface area contributed by atoms with Crippen molar-refractivity contribution in [2.45, 2.75) is 38.9 Å². The number of hydrogen-bond donors (Lipinski definition) is 1. The van der Waals surface area contributed by atoms with Gasteiger partial charge in [-0.3, -0.25) is 4.79 Å². The van der Waals surface area contributed by atoms with E-state index in [9.17, 15) is 9.18 Å². The van der Waals surface area contributed by atoms with Crippen LogP contribution in [0.25, 0.3) is 11.0 Å². The number of aromatic amines is 1. The van der Waals surface area contributed by atoms with Crippen molar-refractivity contribution in [1.29, 1.82) is 0 Å². The molecule has 154 valence electrons. The SMILES string of the molecule is Cc1nc(C(C)(C)F)oc1C(=O)N1CCc2[nH]cnc2[C@H]1c1cc2ccccc2o1. The Morgan fingerprint density at radius 1 is 1.30 bits per heavy atom. The lowest BCUT2D eigenvalue weighted by molar-refractivity contribution is 0.0628. The number of nitrogens with zero attached hydrogens (tertiary/aromatic N) is 3. The highest BCUT2D eigenvalue weighted by Crippen LogP contribution is 2.37. The van der Waals surface area contributed by atoms with Crippen LogP contribution in [0, 0.1) is 6.92 Å². The molecular weight excluding hydrogens is 387 g/mol. The third-order valence-electron chi connectivity index (χ3n) is 5.40. The Hall–Kier alpha value is -3.42. The van der Waals surface area contributed by atoms with Crippen molar-refractivity contribution < 1.29 is 18.0 Å². The van der Waals surface area contributed by atoms with Crippen LogP contribution >= 0.6 is 0 Å². The van der Waals surface area contributed by atoms with Crippen LogP contribution in [0.5, 0.6) is 0 Å². The number of halogens is 1. The fourth-order valence-electron chi connectivity index (χ4n) is 3.90. The minimum atomic E-state index is -1.78. The first-order chi connectivity index (χ1) is 14.3. The molecule has 30 heavy (non-hydrogen) atoms. The molecule has 1 atom stereocenters. The molecule has 7 nitrogen and oxygen atoms in total. The third kappa shape index (κ3) is 2.91. The van der Waals surface area contributed by atoms with Crippen molar-refractivity contribution in [2.24, 2.45) is 0 Å². The average molecular weight is 408 g/mol. The molecule has 0 aliphatic carbocycles. The Kier molecular flexibility index (Phi) is 4.06. The van der Waals surface area contributed by atoms with Crippen molar-refractivity contribution in [2.75, 3.05) is 6.54 Å². The lowest BCUT2D eigenvalue weighted by atomic mass is 9.99. The number of rotatable bonds is 3. The van der Waals surface area contributed by atoms with Gasteiger partial charge in [0.1, 0.15) is 17.4 Å². The molecule has 4 heterocycles. The first-order valence-corrected chi connectivity index (χ1v) is 9.81. The number of aromatic nitrogens is 3. The molecule has 0 saturated carbocycles. The normalized spacial score (nSPS) is 16.8. The molecule has 4 aromatic rings. The van der Waals surface area contributed by atoms with Crippen molar-refractivity contribution >= 4 is 16.9 Å². The molecule has 1 aromatic carbocycles.